The first-order chi connectivity index (χ1) is 8.65. The summed E-state index contributed by atoms with van der Waals surface area (Å²) in [4.78, 5) is 11.5. The van der Waals surface area contributed by atoms with Gasteiger partial charge in [-0.05, 0) is 36.1 Å². The van der Waals surface area contributed by atoms with Crippen molar-refractivity contribution >= 4 is 17.6 Å². The summed E-state index contributed by atoms with van der Waals surface area (Å²) >= 11 is 5.88. The molecule has 96 valence electrons. The zero-order valence-electron chi connectivity index (χ0n) is 10.6. The second-order valence-electron chi connectivity index (χ2n) is 3.86. The van der Waals surface area contributed by atoms with Crippen LogP contribution in [0, 0.1) is 11.3 Å². The lowest BCUT2D eigenvalue weighted by Gasteiger charge is -2.10. The third-order valence-electron chi connectivity index (χ3n) is 2.71. The number of benzene rings is 1. The SMILES string of the molecule is CCOC(=O)Cc1cc(CCl)c(CC)cc1C#N. The Morgan fingerprint density at radius 1 is 1.33 bits per heavy atom. The molecule has 0 bridgehead atoms. The van der Waals surface area contributed by atoms with E-state index >= 15 is 0 Å². The van der Waals surface area contributed by atoms with Crippen molar-refractivity contribution < 1.29 is 9.53 Å². The predicted octanol–water partition coefficient (Wildman–Crippen LogP) is 2.97. The van der Waals surface area contributed by atoms with Crippen LogP contribution in [0.5, 0.6) is 0 Å². The average Bonchev–Trinajstić information content (AvgIpc) is 2.38. The van der Waals surface area contributed by atoms with Crippen LogP contribution in [0.4, 0.5) is 0 Å². The lowest BCUT2D eigenvalue weighted by atomic mass is 9.96. The van der Waals surface area contributed by atoms with Gasteiger partial charge in [0.05, 0.1) is 24.7 Å². The van der Waals surface area contributed by atoms with Gasteiger partial charge in [0.15, 0.2) is 0 Å². The van der Waals surface area contributed by atoms with Crippen molar-refractivity contribution in [3.63, 3.8) is 0 Å². The fourth-order valence-electron chi connectivity index (χ4n) is 1.81. The van der Waals surface area contributed by atoms with Crippen molar-refractivity contribution in [2.45, 2.75) is 32.6 Å². The topological polar surface area (TPSA) is 50.1 Å². The molecule has 0 unspecified atom stereocenters. The molecular formula is C14H16ClNO2. The summed E-state index contributed by atoms with van der Waals surface area (Å²) in [6, 6.07) is 5.76. The summed E-state index contributed by atoms with van der Waals surface area (Å²) in [6.45, 7) is 4.11. The number of rotatable bonds is 5. The number of hydrogen-bond acceptors (Lipinski definition) is 3. The number of hydrogen-bond donors (Lipinski definition) is 0. The second kappa shape index (κ2) is 7.03. The molecule has 0 radical (unpaired) electrons. The van der Waals surface area contributed by atoms with Gasteiger partial charge in [0.2, 0.25) is 0 Å². The Kier molecular flexibility index (Phi) is 5.67. The lowest BCUT2D eigenvalue weighted by molar-refractivity contribution is -0.142. The highest BCUT2D eigenvalue weighted by molar-refractivity contribution is 6.17. The highest BCUT2D eigenvalue weighted by Gasteiger charge is 2.12. The molecule has 0 N–H and O–H groups in total. The highest BCUT2D eigenvalue weighted by Crippen LogP contribution is 2.20. The number of nitriles is 1. The summed E-state index contributed by atoms with van der Waals surface area (Å²) < 4.78 is 4.89. The molecule has 0 aliphatic heterocycles. The lowest BCUT2D eigenvalue weighted by Crippen LogP contribution is -2.09. The normalized spacial score (nSPS) is 9.89. The number of aryl methyl sites for hydroxylation is 1. The maximum atomic E-state index is 11.5. The largest absolute Gasteiger partial charge is 0.466 e. The van der Waals surface area contributed by atoms with Crippen molar-refractivity contribution in [2.24, 2.45) is 0 Å². The van der Waals surface area contributed by atoms with Gasteiger partial charge < -0.3 is 4.74 Å². The molecule has 0 saturated heterocycles. The van der Waals surface area contributed by atoms with E-state index in [0.717, 1.165) is 17.5 Å². The standard InChI is InChI=1S/C14H16ClNO2/c1-3-10-5-13(9-16)11(6-12(10)8-15)7-14(17)18-4-2/h5-6H,3-4,7-8H2,1-2H3. The van der Waals surface area contributed by atoms with Gasteiger partial charge in [-0.25, -0.2) is 0 Å². The third kappa shape index (κ3) is 3.48. The van der Waals surface area contributed by atoms with Gasteiger partial charge in [0.25, 0.3) is 0 Å². The Morgan fingerprint density at radius 2 is 2.06 bits per heavy atom. The van der Waals surface area contributed by atoms with Gasteiger partial charge in [0, 0.05) is 5.88 Å². The van der Waals surface area contributed by atoms with Gasteiger partial charge in [-0.3, -0.25) is 4.79 Å². The molecule has 0 heterocycles. The summed E-state index contributed by atoms with van der Waals surface area (Å²) in [6.07, 6.45) is 0.932. The van der Waals surface area contributed by atoms with Gasteiger partial charge in [-0.1, -0.05) is 13.0 Å². The zero-order chi connectivity index (χ0) is 13.5. The number of esters is 1. The molecule has 0 amide bonds. The number of carbonyl (C=O) groups is 1. The number of ether oxygens (including phenoxy) is 1. The molecule has 0 aromatic heterocycles. The first kappa shape index (κ1) is 14.5. The summed E-state index contributed by atoms with van der Waals surface area (Å²) in [7, 11) is 0. The molecule has 1 aromatic rings. The van der Waals surface area contributed by atoms with Crippen molar-refractivity contribution in [1.82, 2.24) is 0 Å². The van der Waals surface area contributed by atoms with Crippen molar-refractivity contribution in [1.29, 1.82) is 5.26 Å². The molecule has 0 aliphatic carbocycles. The van der Waals surface area contributed by atoms with Gasteiger partial charge in [0.1, 0.15) is 0 Å². The molecule has 1 aromatic carbocycles. The van der Waals surface area contributed by atoms with E-state index in [1.54, 1.807) is 6.92 Å². The van der Waals surface area contributed by atoms with E-state index < -0.39 is 0 Å². The quantitative estimate of drug-likeness (QED) is 0.607. The number of halogens is 1. The molecule has 0 atom stereocenters. The van der Waals surface area contributed by atoms with Crippen LogP contribution in [-0.4, -0.2) is 12.6 Å². The Bertz CT molecular complexity index is 477. The molecule has 0 fully saturated rings. The maximum absolute atomic E-state index is 11.5. The van der Waals surface area contributed by atoms with Crippen LogP contribution in [-0.2, 0) is 28.3 Å². The minimum Gasteiger partial charge on any atom is -0.466 e. The van der Waals surface area contributed by atoms with Crippen LogP contribution in [0.15, 0.2) is 12.1 Å². The Balaban J connectivity index is 3.10. The molecule has 4 heteroatoms. The fraction of sp³-hybridized carbons (Fsp3) is 0.429. The predicted molar refractivity (Wildman–Crippen MR) is 70.4 cm³/mol. The van der Waals surface area contributed by atoms with Crippen LogP contribution in [0.2, 0.25) is 0 Å². The monoisotopic (exact) mass is 265 g/mol. The van der Waals surface area contributed by atoms with E-state index in [9.17, 15) is 4.79 Å². The molecule has 0 aliphatic rings. The van der Waals surface area contributed by atoms with Crippen LogP contribution in [0.25, 0.3) is 0 Å². The first-order valence-corrected chi connectivity index (χ1v) is 6.46. The number of carbonyl (C=O) groups excluding carboxylic acids is 1. The zero-order valence-corrected chi connectivity index (χ0v) is 11.4. The van der Waals surface area contributed by atoms with E-state index in [4.69, 9.17) is 21.6 Å². The Hall–Kier alpha value is -1.53. The van der Waals surface area contributed by atoms with Gasteiger partial charge >= 0.3 is 5.97 Å². The van der Waals surface area contributed by atoms with Crippen LogP contribution in [0.1, 0.15) is 36.1 Å². The van der Waals surface area contributed by atoms with Crippen LogP contribution in [0.3, 0.4) is 0 Å². The Morgan fingerprint density at radius 3 is 2.56 bits per heavy atom. The minimum absolute atomic E-state index is 0.116. The van der Waals surface area contributed by atoms with E-state index in [-0.39, 0.29) is 12.4 Å². The first-order valence-electron chi connectivity index (χ1n) is 5.92. The summed E-state index contributed by atoms with van der Waals surface area (Å²) in [5.74, 6) is 0.0591. The van der Waals surface area contributed by atoms with Crippen LogP contribution >= 0.6 is 11.6 Å². The van der Waals surface area contributed by atoms with E-state index in [1.165, 1.54) is 0 Å². The average molecular weight is 266 g/mol. The molecule has 0 spiro atoms. The van der Waals surface area contributed by atoms with Crippen LogP contribution < -0.4 is 0 Å². The molecule has 3 nitrogen and oxygen atoms in total. The van der Waals surface area contributed by atoms with Crippen molar-refractivity contribution in [3.05, 3.63) is 34.4 Å². The minimum atomic E-state index is -0.321. The number of alkyl halides is 1. The maximum Gasteiger partial charge on any atom is 0.310 e. The smallest absolute Gasteiger partial charge is 0.310 e. The van der Waals surface area contributed by atoms with Crippen molar-refractivity contribution in [3.8, 4) is 6.07 Å². The van der Waals surface area contributed by atoms with Crippen molar-refractivity contribution in [2.75, 3.05) is 6.61 Å². The van der Waals surface area contributed by atoms with E-state index in [0.29, 0.717) is 23.6 Å². The number of nitrogens with zero attached hydrogens (tertiary/aromatic N) is 1. The third-order valence-corrected chi connectivity index (χ3v) is 3.00. The fourth-order valence-corrected chi connectivity index (χ4v) is 2.06. The van der Waals surface area contributed by atoms with Gasteiger partial charge in [-0.15, -0.1) is 11.6 Å². The highest BCUT2D eigenvalue weighted by atomic mass is 35.5. The summed E-state index contributed by atoms with van der Waals surface area (Å²) in [5.41, 5.74) is 3.23. The molecule has 1 rings (SSSR count). The molecule has 0 saturated carbocycles. The van der Waals surface area contributed by atoms with E-state index in [2.05, 4.69) is 6.07 Å². The second-order valence-corrected chi connectivity index (χ2v) is 4.13. The Labute approximate surface area is 112 Å². The molecular weight excluding hydrogens is 250 g/mol. The molecule has 18 heavy (non-hydrogen) atoms. The van der Waals surface area contributed by atoms with Gasteiger partial charge in [-0.2, -0.15) is 5.26 Å². The van der Waals surface area contributed by atoms with E-state index in [1.807, 2.05) is 19.1 Å². The summed E-state index contributed by atoms with van der Waals surface area (Å²) in [5, 5.41) is 9.11.